The average Bonchev–Trinajstić information content (AvgIpc) is 2.60. The van der Waals surface area contributed by atoms with Gasteiger partial charge in [-0.05, 0) is 6.92 Å². The molecule has 0 saturated heterocycles. The van der Waals surface area contributed by atoms with E-state index in [1.165, 1.54) is 11.8 Å². The van der Waals surface area contributed by atoms with E-state index in [0.29, 0.717) is 11.6 Å². The van der Waals surface area contributed by atoms with Gasteiger partial charge in [-0.25, -0.2) is 0 Å². The smallest absolute Gasteiger partial charge is 0.236 e. The first kappa shape index (κ1) is 12.1. The number of thioether (sulfide) groups is 1. The van der Waals surface area contributed by atoms with Gasteiger partial charge in [-0.1, -0.05) is 12.1 Å². The summed E-state index contributed by atoms with van der Waals surface area (Å²) in [7, 11) is 0. The maximum absolute atomic E-state index is 11.3. The maximum Gasteiger partial charge on any atom is 0.236 e. The van der Waals surface area contributed by atoms with Gasteiger partial charge in [-0.3, -0.25) is 10.1 Å². The number of hydrogen-bond donors (Lipinski definition) is 2. The van der Waals surface area contributed by atoms with E-state index in [0.717, 1.165) is 5.69 Å². The highest BCUT2D eigenvalue weighted by molar-refractivity contribution is 8.00. The van der Waals surface area contributed by atoms with Crippen molar-refractivity contribution in [2.75, 3.05) is 17.7 Å². The van der Waals surface area contributed by atoms with Gasteiger partial charge in [0.15, 0.2) is 0 Å². The van der Waals surface area contributed by atoms with Gasteiger partial charge in [0.1, 0.15) is 0 Å². The van der Waals surface area contributed by atoms with Crippen LogP contribution in [0.5, 0.6) is 0 Å². The molecule has 1 atom stereocenters. The summed E-state index contributed by atoms with van der Waals surface area (Å²) in [5.74, 6) is 0.493. The number of aryl methyl sites for hydroxylation is 1. The summed E-state index contributed by atoms with van der Waals surface area (Å²) in [6.07, 6.45) is 0. The lowest BCUT2D eigenvalue weighted by Crippen LogP contribution is -2.16. The van der Waals surface area contributed by atoms with Crippen LogP contribution in [0.1, 0.15) is 12.6 Å². The van der Waals surface area contributed by atoms with Crippen molar-refractivity contribution in [2.45, 2.75) is 19.1 Å². The molecule has 0 saturated carbocycles. The van der Waals surface area contributed by atoms with Crippen LogP contribution in [0.15, 0.2) is 10.6 Å². The number of aromatic nitrogens is 1. The van der Waals surface area contributed by atoms with Crippen LogP contribution in [0, 0.1) is 6.92 Å². The van der Waals surface area contributed by atoms with E-state index in [4.69, 9.17) is 9.63 Å². The van der Waals surface area contributed by atoms with E-state index < -0.39 is 0 Å². The molecule has 2 N–H and O–H groups in total. The number of anilines is 1. The van der Waals surface area contributed by atoms with Gasteiger partial charge in [0, 0.05) is 11.3 Å². The first-order chi connectivity index (χ1) is 7.11. The number of aliphatic hydroxyl groups is 1. The average molecular weight is 230 g/mol. The number of hydrogen-bond acceptors (Lipinski definition) is 5. The van der Waals surface area contributed by atoms with Crippen LogP contribution in [-0.4, -0.2) is 33.8 Å². The van der Waals surface area contributed by atoms with E-state index in [-0.39, 0.29) is 17.8 Å². The Morgan fingerprint density at radius 2 is 2.53 bits per heavy atom. The lowest BCUT2D eigenvalue weighted by molar-refractivity contribution is -0.113. The Labute approximate surface area is 92.2 Å². The molecule has 0 aliphatic heterocycles. The van der Waals surface area contributed by atoms with Crippen LogP contribution in [0.25, 0.3) is 0 Å². The summed E-state index contributed by atoms with van der Waals surface area (Å²) >= 11 is 1.39. The third kappa shape index (κ3) is 4.35. The first-order valence-electron chi connectivity index (χ1n) is 4.57. The van der Waals surface area contributed by atoms with Crippen LogP contribution < -0.4 is 5.32 Å². The fourth-order valence-corrected chi connectivity index (χ4v) is 1.48. The van der Waals surface area contributed by atoms with Crippen molar-refractivity contribution in [3.05, 3.63) is 11.8 Å². The predicted molar refractivity (Wildman–Crippen MR) is 58.9 cm³/mol. The molecule has 5 nitrogen and oxygen atoms in total. The zero-order valence-electron chi connectivity index (χ0n) is 8.69. The minimum atomic E-state index is -0.156. The standard InChI is InChI=1S/C9H14N2O3S/c1-6-3-9(14-11-6)10-8(13)5-15-7(2)4-12/h3,7,12H,4-5H2,1-2H3,(H,10,13). The molecule has 0 aliphatic rings. The molecular formula is C9H14N2O3S. The third-order valence-corrected chi connectivity index (χ3v) is 2.79. The normalized spacial score (nSPS) is 12.5. The number of carbonyl (C=O) groups is 1. The molecule has 1 heterocycles. The molecule has 84 valence electrons. The highest BCUT2D eigenvalue weighted by atomic mass is 32.2. The Balaban J connectivity index is 2.30. The van der Waals surface area contributed by atoms with E-state index in [9.17, 15) is 4.79 Å². The van der Waals surface area contributed by atoms with Crippen molar-refractivity contribution >= 4 is 23.6 Å². The summed E-state index contributed by atoms with van der Waals surface area (Å²) in [5, 5.41) is 15.0. The monoisotopic (exact) mass is 230 g/mol. The van der Waals surface area contributed by atoms with Crippen LogP contribution in [0.2, 0.25) is 0 Å². The Hall–Kier alpha value is -1.01. The molecule has 0 radical (unpaired) electrons. The van der Waals surface area contributed by atoms with Crippen molar-refractivity contribution < 1.29 is 14.4 Å². The van der Waals surface area contributed by atoms with Crippen LogP contribution >= 0.6 is 11.8 Å². The van der Waals surface area contributed by atoms with Crippen molar-refractivity contribution in [2.24, 2.45) is 0 Å². The first-order valence-corrected chi connectivity index (χ1v) is 5.62. The summed E-state index contributed by atoms with van der Waals surface area (Å²) < 4.78 is 4.83. The SMILES string of the molecule is Cc1cc(NC(=O)CSC(C)CO)on1. The van der Waals surface area contributed by atoms with Crippen LogP contribution in [-0.2, 0) is 4.79 Å². The highest BCUT2D eigenvalue weighted by Gasteiger charge is 2.08. The second-order valence-electron chi connectivity index (χ2n) is 3.18. The van der Waals surface area contributed by atoms with Crippen molar-refractivity contribution in [3.8, 4) is 0 Å². The van der Waals surface area contributed by atoms with E-state index in [2.05, 4.69) is 10.5 Å². The molecule has 1 unspecified atom stereocenters. The summed E-state index contributed by atoms with van der Waals surface area (Å²) in [6.45, 7) is 3.71. The van der Waals surface area contributed by atoms with Gasteiger partial charge in [0.2, 0.25) is 11.8 Å². The minimum absolute atomic E-state index is 0.0622. The lowest BCUT2D eigenvalue weighted by atomic mass is 10.5. The Bertz CT molecular complexity index is 327. The van der Waals surface area contributed by atoms with Gasteiger partial charge in [-0.15, -0.1) is 11.8 Å². The van der Waals surface area contributed by atoms with Gasteiger partial charge < -0.3 is 9.63 Å². The Morgan fingerprint density at radius 1 is 1.80 bits per heavy atom. The second-order valence-corrected chi connectivity index (χ2v) is 4.61. The molecule has 0 bridgehead atoms. The second kappa shape index (κ2) is 5.77. The molecule has 0 aromatic carbocycles. The molecule has 15 heavy (non-hydrogen) atoms. The number of aliphatic hydroxyl groups excluding tert-OH is 1. The molecule has 1 amide bonds. The molecule has 1 aromatic rings. The lowest BCUT2D eigenvalue weighted by Gasteiger charge is -2.06. The Kier molecular flexibility index (Phi) is 4.64. The van der Waals surface area contributed by atoms with E-state index in [1.54, 1.807) is 13.0 Å². The fraction of sp³-hybridized carbons (Fsp3) is 0.556. The number of carbonyl (C=O) groups excluding carboxylic acids is 1. The number of nitrogens with one attached hydrogen (secondary N) is 1. The maximum atomic E-state index is 11.3. The Morgan fingerprint density at radius 3 is 3.07 bits per heavy atom. The van der Waals surface area contributed by atoms with Crippen molar-refractivity contribution in [1.82, 2.24) is 5.16 Å². The largest absolute Gasteiger partial charge is 0.395 e. The van der Waals surface area contributed by atoms with Crippen molar-refractivity contribution in [1.29, 1.82) is 0 Å². The van der Waals surface area contributed by atoms with Gasteiger partial charge >= 0.3 is 0 Å². The topological polar surface area (TPSA) is 75.4 Å². The molecule has 1 rings (SSSR count). The quantitative estimate of drug-likeness (QED) is 0.790. The number of amides is 1. The zero-order chi connectivity index (χ0) is 11.3. The zero-order valence-corrected chi connectivity index (χ0v) is 9.50. The number of rotatable bonds is 5. The van der Waals surface area contributed by atoms with Crippen molar-refractivity contribution in [3.63, 3.8) is 0 Å². The molecule has 6 heteroatoms. The molecule has 0 spiro atoms. The molecule has 0 fully saturated rings. The van der Waals surface area contributed by atoms with E-state index in [1.807, 2.05) is 6.92 Å². The summed E-state index contributed by atoms with van der Waals surface area (Å²) in [6, 6.07) is 1.65. The van der Waals surface area contributed by atoms with Crippen LogP contribution in [0.4, 0.5) is 5.88 Å². The van der Waals surface area contributed by atoms with Gasteiger partial charge in [0.05, 0.1) is 18.1 Å². The van der Waals surface area contributed by atoms with Gasteiger partial charge in [0.25, 0.3) is 0 Å². The highest BCUT2D eigenvalue weighted by Crippen LogP contribution is 2.12. The summed E-state index contributed by atoms with van der Waals surface area (Å²) in [5.41, 5.74) is 0.724. The van der Waals surface area contributed by atoms with E-state index >= 15 is 0 Å². The van der Waals surface area contributed by atoms with Gasteiger partial charge in [-0.2, -0.15) is 0 Å². The minimum Gasteiger partial charge on any atom is -0.395 e. The third-order valence-electron chi connectivity index (χ3n) is 1.65. The number of nitrogens with zero attached hydrogens (tertiary/aromatic N) is 1. The molecule has 1 aromatic heterocycles. The van der Waals surface area contributed by atoms with Crippen LogP contribution in [0.3, 0.4) is 0 Å². The predicted octanol–water partition coefficient (Wildman–Crippen LogP) is 1.04. The molecule has 0 aliphatic carbocycles. The summed E-state index contributed by atoms with van der Waals surface area (Å²) in [4.78, 5) is 11.3. The fourth-order valence-electron chi connectivity index (χ4n) is 0.867. The molecular weight excluding hydrogens is 216 g/mol.